The average molecular weight is 239 g/mol. The highest BCUT2D eigenvalue weighted by Gasteiger charge is 2.10. The van der Waals surface area contributed by atoms with Crippen molar-refractivity contribution < 1.29 is 14.3 Å². The van der Waals surface area contributed by atoms with Crippen molar-refractivity contribution >= 4 is 11.9 Å². The first-order chi connectivity index (χ1) is 8.21. The molecule has 1 rings (SSSR count). The summed E-state index contributed by atoms with van der Waals surface area (Å²) in [7, 11) is 2.93. The van der Waals surface area contributed by atoms with Crippen LogP contribution in [0.3, 0.4) is 0 Å². The van der Waals surface area contributed by atoms with Crippen LogP contribution < -0.4 is 9.64 Å². The van der Waals surface area contributed by atoms with E-state index in [1.54, 1.807) is 19.4 Å². The molecule has 0 saturated carbocycles. The topological polar surface area (TPSA) is 64.6 Å². The number of anilines is 1. The van der Waals surface area contributed by atoms with E-state index in [0.717, 1.165) is 0 Å². The van der Waals surface area contributed by atoms with Gasteiger partial charge in [-0.05, 0) is 6.92 Å². The molecule has 17 heavy (non-hydrogen) atoms. The number of aromatic nitrogens is 2. The number of esters is 1. The number of methoxy groups -OCH3 is 2. The van der Waals surface area contributed by atoms with Crippen molar-refractivity contribution in [2.45, 2.75) is 13.3 Å². The lowest BCUT2D eigenvalue weighted by Gasteiger charge is -2.20. The Kier molecular flexibility index (Phi) is 5.19. The molecule has 1 aromatic heterocycles. The van der Waals surface area contributed by atoms with Crippen molar-refractivity contribution in [1.29, 1.82) is 0 Å². The Morgan fingerprint density at radius 1 is 1.47 bits per heavy atom. The van der Waals surface area contributed by atoms with Crippen molar-refractivity contribution in [1.82, 2.24) is 9.97 Å². The van der Waals surface area contributed by atoms with Crippen LogP contribution in [0, 0.1) is 0 Å². The molecule has 0 N–H and O–H groups in total. The molecule has 0 amide bonds. The van der Waals surface area contributed by atoms with Crippen LogP contribution in [0.25, 0.3) is 0 Å². The van der Waals surface area contributed by atoms with Crippen molar-refractivity contribution in [2.75, 3.05) is 32.2 Å². The van der Waals surface area contributed by atoms with Gasteiger partial charge in [-0.1, -0.05) is 0 Å². The van der Waals surface area contributed by atoms with Gasteiger partial charge in [0.2, 0.25) is 11.8 Å². The summed E-state index contributed by atoms with van der Waals surface area (Å²) < 4.78 is 9.62. The fraction of sp³-hybridized carbons (Fsp3) is 0.545. The van der Waals surface area contributed by atoms with Gasteiger partial charge in [-0.25, -0.2) is 4.98 Å². The summed E-state index contributed by atoms with van der Waals surface area (Å²) in [5.74, 6) is 0.814. The number of carbonyl (C=O) groups excluding carboxylic acids is 1. The second kappa shape index (κ2) is 6.67. The van der Waals surface area contributed by atoms with E-state index in [1.165, 1.54) is 7.11 Å². The predicted molar refractivity (Wildman–Crippen MR) is 63.1 cm³/mol. The van der Waals surface area contributed by atoms with E-state index in [-0.39, 0.29) is 5.97 Å². The summed E-state index contributed by atoms with van der Waals surface area (Å²) in [5.41, 5.74) is 0. The molecule has 0 aliphatic rings. The third kappa shape index (κ3) is 3.90. The maximum absolute atomic E-state index is 11.1. The van der Waals surface area contributed by atoms with Crippen molar-refractivity contribution in [3.8, 4) is 5.88 Å². The van der Waals surface area contributed by atoms with Crippen LogP contribution >= 0.6 is 0 Å². The lowest BCUT2D eigenvalue weighted by Crippen LogP contribution is -2.27. The second-order valence-electron chi connectivity index (χ2n) is 3.30. The molecule has 0 bridgehead atoms. The van der Waals surface area contributed by atoms with Gasteiger partial charge in [-0.3, -0.25) is 4.79 Å². The average Bonchev–Trinajstić information content (AvgIpc) is 2.39. The van der Waals surface area contributed by atoms with Gasteiger partial charge in [-0.15, -0.1) is 0 Å². The van der Waals surface area contributed by atoms with E-state index in [9.17, 15) is 4.79 Å². The number of rotatable bonds is 6. The quantitative estimate of drug-likeness (QED) is 0.686. The zero-order valence-electron chi connectivity index (χ0n) is 10.3. The van der Waals surface area contributed by atoms with Crippen LogP contribution in [0.15, 0.2) is 12.3 Å². The zero-order chi connectivity index (χ0) is 12.7. The van der Waals surface area contributed by atoms with Gasteiger partial charge in [-0.2, -0.15) is 4.98 Å². The molecule has 6 heteroatoms. The Morgan fingerprint density at radius 3 is 2.82 bits per heavy atom. The molecule has 0 aliphatic heterocycles. The van der Waals surface area contributed by atoms with E-state index in [2.05, 4.69) is 14.7 Å². The zero-order valence-corrected chi connectivity index (χ0v) is 10.3. The summed E-state index contributed by atoms with van der Waals surface area (Å²) in [6.45, 7) is 3.21. The van der Waals surface area contributed by atoms with Crippen LogP contribution in [0.2, 0.25) is 0 Å². The molecule has 0 radical (unpaired) electrons. The molecule has 0 fully saturated rings. The number of hydrogen-bond acceptors (Lipinski definition) is 6. The summed E-state index contributed by atoms with van der Waals surface area (Å²) in [6.07, 6.45) is 1.94. The first kappa shape index (κ1) is 13.2. The Bertz CT molecular complexity index is 371. The minimum Gasteiger partial charge on any atom is -0.481 e. The molecular weight excluding hydrogens is 222 g/mol. The molecule has 0 atom stereocenters. The predicted octanol–water partition coefficient (Wildman–Crippen LogP) is 0.875. The van der Waals surface area contributed by atoms with Crippen LogP contribution in [0.4, 0.5) is 5.95 Å². The van der Waals surface area contributed by atoms with Crippen molar-refractivity contribution in [3.05, 3.63) is 12.3 Å². The first-order valence-electron chi connectivity index (χ1n) is 5.40. The summed E-state index contributed by atoms with van der Waals surface area (Å²) >= 11 is 0. The monoisotopic (exact) mass is 239 g/mol. The van der Waals surface area contributed by atoms with Gasteiger partial charge in [0, 0.05) is 25.4 Å². The van der Waals surface area contributed by atoms with Crippen molar-refractivity contribution in [3.63, 3.8) is 0 Å². The van der Waals surface area contributed by atoms with E-state index in [0.29, 0.717) is 31.3 Å². The van der Waals surface area contributed by atoms with Crippen LogP contribution in [0.1, 0.15) is 13.3 Å². The number of carbonyl (C=O) groups is 1. The molecule has 0 aromatic carbocycles. The van der Waals surface area contributed by atoms with Gasteiger partial charge in [0.15, 0.2) is 0 Å². The fourth-order valence-corrected chi connectivity index (χ4v) is 1.33. The fourth-order valence-electron chi connectivity index (χ4n) is 1.33. The van der Waals surface area contributed by atoms with Crippen molar-refractivity contribution in [2.24, 2.45) is 0 Å². The molecule has 0 aliphatic carbocycles. The second-order valence-corrected chi connectivity index (χ2v) is 3.30. The third-order valence-corrected chi connectivity index (χ3v) is 2.30. The van der Waals surface area contributed by atoms with Gasteiger partial charge in [0.1, 0.15) is 0 Å². The normalized spacial score (nSPS) is 9.82. The first-order valence-corrected chi connectivity index (χ1v) is 5.40. The molecule has 1 aromatic rings. The number of nitrogens with zero attached hydrogens (tertiary/aromatic N) is 3. The highest BCUT2D eigenvalue weighted by molar-refractivity contribution is 5.69. The molecule has 0 saturated heterocycles. The third-order valence-electron chi connectivity index (χ3n) is 2.30. The maximum atomic E-state index is 11.1. The summed E-state index contributed by atoms with van der Waals surface area (Å²) in [5, 5.41) is 0. The lowest BCUT2D eigenvalue weighted by atomic mass is 10.4. The van der Waals surface area contributed by atoms with Crippen LogP contribution in [-0.4, -0.2) is 43.2 Å². The van der Waals surface area contributed by atoms with Crippen LogP contribution in [0.5, 0.6) is 5.88 Å². The molecule has 6 nitrogen and oxygen atoms in total. The standard InChI is InChI=1S/C11H17N3O3/c1-4-14(8-6-10(15)17-3)11-12-7-5-9(13-11)16-2/h5,7H,4,6,8H2,1-3H3. The minimum atomic E-state index is -0.244. The SMILES string of the molecule is CCN(CCC(=O)OC)c1nccc(OC)n1. The van der Waals surface area contributed by atoms with Crippen LogP contribution in [-0.2, 0) is 9.53 Å². The van der Waals surface area contributed by atoms with E-state index < -0.39 is 0 Å². The number of ether oxygens (including phenoxy) is 2. The number of hydrogen-bond donors (Lipinski definition) is 0. The Hall–Kier alpha value is -1.85. The molecule has 0 unspecified atom stereocenters. The van der Waals surface area contributed by atoms with E-state index in [1.807, 2.05) is 11.8 Å². The molecule has 1 heterocycles. The highest BCUT2D eigenvalue weighted by Crippen LogP contribution is 2.12. The largest absolute Gasteiger partial charge is 0.481 e. The summed E-state index contributed by atoms with van der Waals surface area (Å²) in [4.78, 5) is 21.3. The lowest BCUT2D eigenvalue weighted by molar-refractivity contribution is -0.140. The Labute approximate surface area is 101 Å². The smallest absolute Gasteiger partial charge is 0.307 e. The van der Waals surface area contributed by atoms with Gasteiger partial charge in [0.25, 0.3) is 0 Å². The Morgan fingerprint density at radius 2 is 2.24 bits per heavy atom. The van der Waals surface area contributed by atoms with Gasteiger partial charge in [0.05, 0.1) is 20.6 Å². The van der Waals surface area contributed by atoms with E-state index >= 15 is 0 Å². The minimum absolute atomic E-state index is 0.244. The molecule has 94 valence electrons. The molecular formula is C11H17N3O3. The van der Waals surface area contributed by atoms with Gasteiger partial charge < -0.3 is 14.4 Å². The molecule has 0 spiro atoms. The Balaban J connectivity index is 2.68. The van der Waals surface area contributed by atoms with Gasteiger partial charge >= 0.3 is 5.97 Å². The highest BCUT2D eigenvalue weighted by atomic mass is 16.5. The van der Waals surface area contributed by atoms with E-state index in [4.69, 9.17) is 4.74 Å². The maximum Gasteiger partial charge on any atom is 0.307 e. The summed E-state index contributed by atoms with van der Waals surface area (Å²) in [6, 6.07) is 1.68.